The molecule has 1 atom stereocenters. The summed E-state index contributed by atoms with van der Waals surface area (Å²) in [5, 5.41) is 11.1. The molecule has 0 aliphatic rings. The van der Waals surface area contributed by atoms with Crippen molar-refractivity contribution < 1.29 is 18.3 Å². The summed E-state index contributed by atoms with van der Waals surface area (Å²) in [5.41, 5.74) is 0.797. The fourth-order valence-corrected chi connectivity index (χ4v) is 1.05. The maximum atomic E-state index is 11.9. The minimum absolute atomic E-state index is 0.0992. The van der Waals surface area contributed by atoms with Crippen LogP contribution in [0.5, 0.6) is 0 Å². The van der Waals surface area contributed by atoms with E-state index in [9.17, 15) is 13.2 Å². The molecule has 1 unspecified atom stereocenters. The Kier molecular flexibility index (Phi) is 5.01. The third kappa shape index (κ3) is 5.38. The van der Waals surface area contributed by atoms with Crippen molar-refractivity contribution in [3.8, 4) is 11.8 Å². The number of alkyl halides is 3. The zero-order valence-corrected chi connectivity index (χ0v) is 8.96. The van der Waals surface area contributed by atoms with E-state index < -0.39 is 18.8 Å². The van der Waals surface area contributed by atoms with Gasteiger partial charge in [0, 0.05) is 12.1 Å². The van der Waals surface area contributed by atoms with E-state index >= 15 is 0 Å². The lowest BCUT2D eigenvalue weighted by Gasteiger charge is -2.13. The number of halogens is 3. The van der Waals surface area contributed by atoms with Gasteiger partial charge in [0.05, 0.1) is 6.54 Å². The van der Waals surface area contributed by atoms with Crippen LogP contribution in [-0.4, -0.2) is 30.5 Å². The molecule has 0 bridgehead atoms. The number of aliphatic hydroxyl groups excluding tert-OH is 1. The number of aliphatic hydroxyl groups is 1. The summed E-state index contributed by atoms with van der Waals surface area (Å²) in [6.45, 7) is -0.449. The summed E-state index contributed by atoms with van der Waals surface area (Å²) in [4.78, 5) is 0. The average molecular weight is 243 g/mol. The van der Waals surface area contributed by atoms with Crippen LogP contribution >= 0.6 is 0 Å². The Balaban J connectivity index is 2.28. The van der Waals surface area contributed by atoms with E-state index in [0.29, 0.717) is 0 Å². The zero-order valence-electron chi connectivity index (χ0n) is 8.96. The minimum atomic E-state index is -4.58. The van der Waals surface area contributed by atoms with Gasteiger partial charge in [-0.05, 0) is 12.1 Å². The van der Waals surface area contributed by atoms with Crippen molar-refractivity contribution in [2.45, 2.75) is 12.3 Å². The minimum Gasteiger partial charge on any atom is -0.382 e. The third-order valence-corrected chi connectivity index (χ3v) is 1.94. The second-order valence-electron chi connectivity index (χ2n) is 3.36. The van der Waals surface area contributed by atoms with Gasteiger partial charge in [-0.1, -0.05) is 30.0 Å². The quantitative estimate of drug-likeness (QED) is 0.623. The van der Waals surface area contributed by atoms with Crippen LogP contribution in [0.4, 0.5) is 13.2 Å². The summed E-state index contributed by atoms with van der Waals surface area (Å²) in [6.07, 6.45) is -6.93. The predicted octanol–water partition coefficient (Wildman–Crippen LogP) is 1.55. The first kappa shape index (κ1) is 13.6. The fraction of sp³-hybridized carbons (Fsp3) is 0.333. The first-order valence-electron chi connectivity index (χ1n) is 4.99. The van der Waals surface area contributed by atoms with Crippen molar-refractivity contribution in [3.63, 3.8) is 0 Å². The lowest BCUT2D eigenvalue weighted by molar-refractivity contribution is -0.201. The van der Waals surface area contributed by atoms with Crippen LogP contribution in [0.1, 0.15) is 5.56 Å². The van der Waals surface area contributed by atoms with Gasteiger partial charge >= 0.3 is 6.18 Å². The lowest BCUT2D eigenvalue weighted by Crippen LogP contribution is -2.38. The van der Waals surface area contributed by atoms with Gasteiger partial charge in [-0.2, -0.15) is 13.2 Å². The molecule has 0 radical (unpaired) electrons. The van der Waals surface area contributed by atoms with E-state index in [1.54, 1.807) is 12.1 Å². The number of nitrogens with one attached hydrogen (secondary N) is 1. The van der Waals surface area contributed by atoms with Crippen molar-refractivity contribution in [2.75, 3.05) is 13.1 Å². The molecule has 0 aliphatic heterocycles. The second-order valence-corrected chi connectivity index (χ2v) is 3.36. The van der Waals surface area contributed by atoms with Crippen LogP contribution < -0.4 is 5.32 Å². The summed E-state index contributed by atoms with van der Waals surface area (Å²) >= 11 is 0. The molecule has 17 heavy (non-hydrogen) atoms. The molecule has 5 heteroatoms. The van der Waals surface area contributed by atoms with Crippen molar-refractivity contribution in [3.05, 3.63) is 35.9 Å². The Morgan fingerprint density at radius 3 is 2.47 bits per heavy atom. The topological polar surface area (TPSA) is 32.3 Å². The van der Waals surface area contributed by atoms with Gasteiger partial charge < -0.3 is 10.4 Å². The number of rotatable bonds is 3. The Morgan fingerprint density at radius 2 is 1.88 bits per heavy atom. The highest BCUT2D eigenvalue weighted by atomic mass is 19.4. The maximum Gasteiger partial charge on any atom is 0.415 e. The average Bonchev–Trinajstić information content (AvgIpc) is 2.28. The zero-order chi connectivity index (χ0) is 12.7. The molecule has 0 saturated heterocycles. The Morgan fingerprint density at radius 1 is 1.24 bits per heavy atom. The van der Waals surface area contributed by atoms with Crippen LogP contribution in [0.25, 0.3) is 0 Å². The van der Waals surface area contributed by atoms with E-state index in [4.69, 9.17) is 5.11 Å². The lowest BCUT2D eigenvalue weighted by atomic mass is 10.2. The molecule has 1 aromatic rings. The van der Waals surface area contributed by atoms with Gasteiger partial charge in [-0.15, -0.1) is 0 Å². The number of hydrogen-bond acceptors (Lipinski definition) is 2. The number of hydrogen-bond donors (Lipinski definition) is 2. The van der Waals surface area contributed by atoms with Crippen LogP contribution in [-0.2, 0) is 0 Å². The molecule has 0 heterocycles. The smallest absolute Gasteiger partial charge is 0.382 e. The molecule has 1 aromatic carbocycles. The summed E-state index contributed by atoms with van der Waals surface area (Å²) in [6, 6.07) is 9.11. The van der Waals surface area contributed by atoms with E-state index in [2.05, 4.69) is 17.2 Å². The van der Waals surface area contributed by atoms with Crippen molar-refractivity contribution in [1.29, 1.82) is 0 Å². The Labute approximate surface area is 97.5 Å². The highest BCUT2D eigenvalue weighted by Gasteiger charge is 2.37. The monoisotopic (exact) mass is 243 g/mol. The van der Waals surface area contributed by atoms with E-state index in [0.717, 1.165) is 5.56 Å². The molecule has 0 aromatic heterocycles. The van der Waals surface area contributed by atoms with Crippen LogP contribution in [0, 0.1) is 11.8 Å². The molecule has 2 N–H and O–H groups in total. The van der Waals surface area contributed by atoms with Crippen LogP contribution in [0.2, 0.25) is 0 Å². The fourth-order valence-electron chi connectivity index (χ4n) is 1.05. The molecular formula is C12H12F3NO. The van der Waals surface area contributed by atoms with Crippen LogP contribution in [0.15, 0.2) is 30.3 Å². The third-order valence-electron chi connectivity index (χ3n) is 1.94. The van der Waals surface area contributed by atoms with Gasteiger partial charge in [-0.3, -0.25) is 0 Å². The van der Waals surface area contributed by atoms with Gasteiger partial charge in [0.15, 0.2) is 6.10 Å². The van der Waals surface area contributed by atoms with Crippen molar-refractivity contribution in [2.24, 2.45) is 0 Å². The molecule has 1 rings (SSSR count). The Bertz CT molecular complexity index is 392. The van der Waals surface area contributed by atoms with E-state index in [-0.39, 0.29) is 6.54 Å². The normalized spacial score (nSPS) is 12.7. The van der Waals surface area contributed by atoms with Crippen molar-refractivity contribution >= 4 is 0 Å². The van der Waals surface area contributed by atoms with Gasteiger partial charge in [0.1, 0.15) is 0 Å². The molecule has 0 saturated carbocycles. The largest absolute Gasteiger partial charge is 0.415 e. The second kappa shape index (κ2) is 6.28. The SMILES string of the molecule is OC(CNCC#Cc1ccccc1)C(F)(F)F. The first-order chi connectivity index (χ1) is 8.00. The standard InChI is InChI=1S/C12H12F3NO/c13-12(14,15)11(17)9-16-8-4-7-10-5-2-1-3-6-10/h1-3,5-6,11,16-17H,8-9H2. The summed E-state index contributed by atoms with van der Waals surface area (Å²) in [5.74, 6) is 5.45. The molecule has 0 amide bonds. The number of benzene rings is 1. The van der Waals surface area contributed by atoms with Crippen molar-refractivity contribution in [1.82, 2.24) is 5.32 Å². The van der Waals surface area contributed by atoms with E-state index in [1.165, 1.54) is 0 Å². The highest BCUT2D eigenvalue weighted by Crippen LogP contribution is 2.18. The summed E-state index contributed by atoms with van der Waals surface area (Å²) < 4.78 is 35.7. The molecule has 2 nitrogen and oxygen atoms in total. The first-order valence-corrected chi connectivity index (χ1v) is 4.99. The maximum absolute atomic E-state index is 11.9. The molecule has 92 valence electrons. The highest BCUT2D eigenvalue weighted by molar-refractivity contribution is 5.33. The predicted molar refractivity (Wildman–Crippen MR) is 58.3 cm³/mol. The van der Waals surface area contributed by atoms with Gasteiger partial charge in [-0.25, -0.2) is 0 Å². The molecule has 0 aliphatic carbocycles. The van der Waals surface area contributed by atoms with E-state index in [1.807, 2.05) is 18.2 Å². The molecular weight excluding hydrogens is 231 g/mol. The van der Waals surface area contributed by atoms with Gasteiger partial charge in [0.25, 0.3) is 0 Å². The van der Waals surface area contributed by atoms with Gasteiger partial charge in [0.2, 0.25) is 0 Å². The summed E-state index contributed by atoms with van der Waals surface area (Å²) in [7, 11) is 0. The molecule has 0 spiro atoms. The van der Waals surface area contributed by atoms with Crippen LogP contribution in [0.3, 0.4) is 0 Å². The Hall–Kier alpha value is -1.51. The molecule has 0 fully saturated rings.